The number of carbonyl (C=O) groups is 3. The smallest absolute Gasteiger partial charge is 0.306 e. The van der Waals surface area contributed by atoms with Crippen LogP contribution in [0, 0.1) is 0 Å². The van der Waals surface area contributed by atoms with Crippen molar-refractivity contribution in [2.45, 2.75) is 412 Å². The molecule has 0 aliphatic heterocycles. The molecule has 1 unspecified atom stereocenters. The summed E-state index contributed by atoms with van der Waals surface area (Å²) in [5, 5.41) is 0. The lowest BCUT2D eigenvalue weighted by atomic mass is 10.0. The number of ether oxygens (including phenoxy) is 3. The van der Waals surface area contributed by atoms with E-state index in [0.717, 1.165) is 83.5 Å². The number of carbonyl (C=O) groups excluding carboxylic acids is 3. The van der Waals surface area contributed by atoms with Gasteiger partial charge < -0.3 is 14.2 Å². The van der Waals surface area contributed by atoms with Crippen molar-refractivity contribution < 1.29 is 28.6 Å². The minimum absolute atomic E-state index is 0.0695. The van der Waals surface area contributed by atoms with Gasteiger partial charge in [0.15, 0.2) is 6.10 Å². The predicted octanol–water partition coefficient (Wildman–Crippen LogP) is 24.6. The van der Waals surface area contributed by atoms with Crippen LogP contribution in [0.5, 0.6) is 0 Å². The Morgan fingerprint density at radius 2 is 0.481 bits per heavy atom. The monoisotopic (exact) mass is 1110 g/mol. The van der Waals surface area contributed by atoms with E-state index < -0.39 is 6.10 Å². The van der Waals surface area contributed by atoms with E-state index in [0.29, 0.717) is 19.3 Å². The highest BCUT2D eigenvalue weighted by atomic mass is 16.6. The molecule has 0 aliphatic rings. The Hall–Kier alpha value is -2.11. The number of hydrogen-bond donors (Lipinski definition) is 0. The normalized spacial score (nSPS) is 12.1. The molecule has 0 aliphatic carbocycles. The van der Waals surface area contributed by atoms with E-state index in [1.807, 2.05) is 0 Å². The van der Waals surface area contributed by atoms with Gasteiger partial charge in [0, 0.05) is 19.3 Å². The summed E-state index contributed by atoms with van der Waals surface area (Å²) in [5.41, 5.74) is 0. The third kappa shape index (κ3) is 66.6. The van der Waals surface area contributed by atoms with Gasteiger partial charge in [-0.2, -0.15) is 0 Å². The maximum atomic E-state index is 12.9. The first-order valence-electron chi connectivity index (χ1n) is 35.8. The Labute approximate surface area is 493 Å². The van der Waals surface area contributed by atoms with Crippen LogP contribution in [-0.2, 0) is 28.6 Å². The summed E-state index contributed by atoms with van der Waals surface area (Å²) < 4.78 is 17.0. The van der Waals surface area contributed by atoms with E-state index in [9.17, 15) is 14.4 Å². The maximum Gasteiger partial charge on any atom is 0.306 e. The highest BCUT2D eigenvalue weighted by molar-refractivity contribution is 5.71. The molecule has 0 aromatic carbocycles. The van der Waals surface area contributed by atoms with Gasteiger partial charge in [-0.1, -0.05) is 366 Å². The van der Waals surface area contributed by atoms with Crippen LogP contribution in [0.15, 0.2) is 24.3 Å². The van der Waals surface area contributed by atoms with Crippen molar-refractivity contribution in [2.75, 3.05) is 13.2 Å². The van der Waals surface area contributed by atoms with Gasteiger partial charge in [-0.15, -0.1) is 0 Å². The van der Waals surface area contributed by atoms with Crippen LogP contribution >= 0.6 is 0 Å². The van der Waals surface area contributed by atoms with E-state index in [4.69, 9.17) is 14.2 Å². The van der Waals surface area contributed by atoms with E-state index in [2.05, 4.69) is 45.1 Å². The summed E-state index contributed by atoms with van der Waals surface area (Å²) in [4.78, 5) is 38.3. The zero-order valence-electron chi connectivity index (χ0n) is 53.7. The highest BCUT2D eigenvalue weighted by Gasteiger charge is 2.19. The third-order valence-electron chi connectivity index (χ3n) is 16.4. The molecule has 0 spiro atoms. The number of allylic oxidation sites excluding steroid dienone is 4. The van der Waals surface area contributed by atoms with Gasteiger partial charge in [-0.25, -0.2) is 0 Å². The quantitative estimate of drug-likeness (QED) is 0.0261. The van der Waals surface area contributed by atoms with E-state index in [1.54, 1.807) is 0 Å². The van der Waals surface area contributed by atoms with Crippen molar-refractivity contribution in [3.05, 3.63) is 24.3 Å². The first-order chi connectivity index (χ1) is 39.0. The lowest BCUT2D eigenvalue weighted by molar-refractivity contribution is -0.167. The Bertz CT molecular complexity index is 1270. The number of unbranched alkanes of at least 4 members (excludes halogenated alkanes) is 52. The lowest BCUT2D eigenvalue weighted by Crippen LogP contribution is -2.30. The van der Waals surface area contributed by atoms with Gasteiger partial charge in [-0.3, -0.25) is 14.4 Å². The number of esters is 3. The van der Waals surface area contributed by atoms with Crippen molar-refractivity contribution >= 4 is 17.9 Å². The Balaban J connectivity index is 4.08. The van der Waals surface area contributed by atoms with Crippen molar-refractivity contribution in [1.82, 2.24) is 0 Å². The lowest BCUT2D eigenvalue weighted by Gasteiger charge is -2.18. The summed E-state index contributed by atoms with van der Waals surface area (Å²) in [5.74, 6) is -0.854. The minimum Gasteiger partial charge on any atom is -0.462 e. The van der Waals surface area contributed by atoms with Crippen LogP contribution < -0.4 is 0 Å². The molecular weight excluding hydrogens is 973 g/mol. The molecule has 1 atom stereocenters. The van der Waals surface area contributed by atoms with Gasteiger partial charge in [-0.05, 0) is 44.9 Å². The van der Waals surface area contributed by atoms with Gasteiger partial charge in [0.05, 0.1) is 0 Å². The van der Waals surface area contributed by atoms with Crippen molar-refractivity contribution in [3.8, 4) is 0 Å². The molecule has 0 bridgehead atoms. The summed E-state index contributed by atoms with van der Waals surface area (Å²) in [6.45, 7) is 6.64. The van der Waals surface area contributed by atoms with Crippen LogP contribution in [0.4, 0.5) is 0 Å². The first kappa shape index (κ1) is 76.9. The summed E-state index contributed by atoms with van der Waals surface area (Å²) in [7, 11) is 0. The van der Waals surface area contributed by atoms with Crippen LogP contribution in [0.3, 0.4) is 0 Å². The second kappa shape index (κ2) is 68.4. The number of rotatable bonds is 67. The SMILES string of the molecule is CCC/C=C\C/C=C\CCCCCCCC(=O)OCC(COC(=O)CCCCCCCCCCCCCCCCCCCCCCCCCCCCCCCCCC)OC(=O)CCCCCCCCCCCCCCCCCC. The Kier molecular flexibility index (Phi) is 66.6. The van der Waals surface area contributed by atoms with Gasteiger partial charge in [0.2, 0.25) is 0 Å². The van der Waals surface area contributed by atoms with Crippen LogP contribution in [-0.4, -0.2) is 37.2 Å². The average molecular weight is 1110 g/mol. The molecule has 6 nitrogen and oxygen atoms in total. The molecule has 0 saturated heterocycles. The molecule has 6 heteroatoms. The standard InChI is InChI=1S/C73H138O6/c1-4-7-10-13-16-19-22-25-27-29-30-31-32-33-34-35-36-37-38-39-40-41-42-43-44-46-48-51-54-57-60-63-66-72(75)78-69-70(68-77-71(74)65-62-59-56-53-50-47-24-21-18-15-12-9-6-3)79-73(76)67-64-61-58-55-52-49-45-28-26-23-20-17-14-11-8-5-2/h12,15,21,24,70H,4-11,13-14,16-20,22-23,25-69H2,1-3H3/b15-12-,24-21-. The Morgan fingerprint density at radius 3 is 0.747 bits per heavy atom. The van der Waals surface area contributed by atoms with Crippen LogP contribution in [0.2, 0.25) is 0 Å². The Morgan fingerprint density at radius 1 is 0.253 bits per heavy atom. The van der Waals surface area contributed by atoms with Crippen molar-refractivity contribution in [3.63, 3.8) is 0 Å². The summed E-state index contributed by atoms with van der Waals surface area (Å²) in [6.07, 6.45) is 83.7. The second-order valence-corrected chi connectivity index (χ2v) is 24.5. The van der Waals surface area contributed by atoms with Gasteiger partial charge >= 0.3 is 17.9 Å². The topological polar surface area (TPSA) is 78.9 Å². The molecule has 79 heavy (non-hydrogen) atoms. The minimum atomic E-state index is -0.773. The highest BCUT2D eigenvalue weighted by Crippen LogP contribution is 2.19. The van der Waals surface area contributed by atoms with E-state index in [-0.39, 0.29) is 31.1 Å². The fraction of sp³-hybridized carbons (Fsp3) is 0.904. The molecule has 0 fully saturated rings. The zero-order valence-corrected chi connectivity index (χ0v) is 53.7. The molecule has 0 aromatic heterocycles. The average Bonchev–Trinajstić information content (AvgIpc) is 3.45. The van der Waals surface area contributed by atoms with Crippen molar-refractivity contribution in [2.24, 2.45) is 0 Å². The molecule has 0 N–H and O–H groups in total. The fourth-order valence-corrected chi connectivity index (χ4v) is 11.1. The van der Waals surface area contributed by atoms with E-state index in [1.165, 1.54) is 283 Å². The molecule has 0 heterocycles. The van der Waals surface area contributed by atoms with Gasteiger partial charge in [0.1, 0.15) is 13.2 Å². The maximum absolute atomic E-state index is 12.9. The largest absolute Gasteiger partial charge is 0.462 e. The molecule has 0 saturated carbocycles. The van der Waals surface area contributed by atoms with Crippen LogP contribution in [0.1, 0.15) is 406 Å². The second-order valence-electron chi connectivity index (χ2n) is 24.5. The third-order valence-corrected chi connectivity index (χ3v) is 16.4. The fourth-order valence-electron chi connectivity index (χ4n) is 11.1. The predicted molar refractivity (Wildman–Crippen MR) is 344 cm³/mol. The van der Waals surface area contributed by atoms with Crippen LogP contribution in [0.25, 0.3) is 0 Å². The molecular formula is C73H138O6. The molecule has 0 rings (SSSR count). The van der Waals surface area contributed by atoms with E-state index >= 15 is 0 Å². The molecule has 466 valence electrons. The molecule has 0 aromatic rings. The summed E-state index contributed by atoms with van der Waals surface area (Å²) >= 11 is 0. The zero-order chi connectivity index (χ0) is 57.1. The number of hydrogen-bond acceptors (Lipinski definition) is 6. The van der Waals surface area contributed by atoms with Gasteiger partial charge in [0.25, 0.3) is 0 Å². The first-order valence-corrected chi connectivity index (χ1v) is 35.8. The summed E-state index contributed by atoms with van der Waals surface area (Å²) in [6, 6.07) is 0. The molecule has 0 amide bonds. The van der Waals surface area contributed by atoms with Crippen molar-refractivity contribution in [1.29, 1.82) is 0 Å². The molecule has 0 radical (unpaired) electrons.